The number of nitrogens with one attached hydrogen (secondary N) is 1. The van der Waals surface area contributed by atoms with Gasteiger partial charge in [-0.05, 0) is 49.9 Å². The van der Waals surface area contributed by atoms with Crippen LogP contribution in [-0.4, -0.2) is 18.9 Å². The summed E-state index contributed by atoms with van der Waals surface area (Å²) in [7, 11) is -3.62. The van der Waals surface area contributed by atoms with Gasteiger partial charge in [0.25, 0.3) is 0 Å². The lowest BCUT2D eigenvalue weighted by Gasteiger charge is -2.36. The van der Waals surface area contributed by atoms with Gasteiger partial charge >= 0.3 is 0 Å². The standard InChI is InChI=1S/C15H22N2O2S2/c1-11-6-7-13(10-12(11)2)21(18,19)17-15(14(16)20)8-4-3-5-9-15/h6-7,10,17H,3-5,8-9H2,1-2H3,(H2,16,20). The predicted molar refractivity (Wildman–Crippen MR) is 88.8 cm³/mol. The second-order valence-electron chi connectivity index (χ2n) is 5.86. The van der Waals surface area contributed by atoms with Crippen LogP contribution in [0, 0.1) is 13.8 Å². The highest BCUT2D eigenvalue weighted by Gasteiger charge is 2.39. The summed E-state index contributed by atoms with van der Waals surface area (Å²) in [5, 5.41) is 0. The lowest BCUT2D eigenvalue weighted by atomic mass is 9.82. The van der Waals surface area contributed by atoms with E-state index in [9.17, 15) is 8.42 Å². The average Bonchev–Trinajstić information content (AvgIpc) is 2.42. The highest BCUT2D eigenvalue weighted by Crippen LogP contribution is 2.30. The van der Waals surface area contributed by atoms with E-state index in [1.807, 2.05) is 19.9 Å². The zero-order valence-electron chi connectivity index (χ0n) is 12.5. The normalized spacial score (nSPS) is 18.4. The van der Waals surface area contributed by atoms with Crippen LogP contribution >= 0.6 is 12.2 Å². The maximum absolute atomic E-state index is 12.6. The molecule has 1 saturated carbocycles. The minimum atomic E-state index is -3.62. The molecule has 3 N–H and O–H groups in total. The molecule has 116 valence electrons. The number of rotatable bonds is 4. The molecule has 6 heteroatoms. The van der Waals surface area contributed by atoms with Gasteiger partial charge in [-0.25, -0.2) is 8.42 Å². The Kier molecular flexibility index (Phi) is 4.70. The number of nitrogens with two attached hydrogens (primary N) is 1. The van der Waals surface area contributed by atoms with Crippen molar-refractivity contribution in [3.05, 3.63) is 29.3 Å². The minimum Gasteiger partial charge on any atom is -0.392 e. The van der Waals surface area contributed by atoms with Crippen molar-refractivity contribution in [3.8, 4) is 0 Å². The van der Waals surface area contributed by atoms with Crippen molar-refractivity contribution in [3.63, 3.8) is 0 Å². The van der Waals surface area contributed by atoms with E-state index in [2.05, 4.69) is 4.72 Å². The van der Waals surface area contributed by atoms with E-state index in [-0.39, 0.29) is 9.88 Å². The SMILES string of the molecule is Cc1ccc(S(=O)(=O)NC2(C(N)=S)CCCCC2)cc1C. The first-order chi connectivity index (χ1) is 9.77. The maximum Gasteiger partial charge on any atom is 0.241 e. The average molecular weight is 326 g/mol. The fourth-order valence-corrected chi connectivity index (χ4v) is 4.60. The van der Waals surface area contributed by atoms with Crippen molar-refractivity contribution in [2.24, 2.45) is 5.73 Å². The monoisotopic (exact) mass is 326 g/mol. The van der Waals surface area contributed by atoms with Gasteiger partial charge < -0.3 is 5.73 Å². The van der Waals surface area contributed by atoms with E-state index in [0.717, 1.165) is 30.4 Å². The molecule has 0 amide bonds. The highest BCUT2D eigenvalue weighted by atomic mass is 32.2. The third kappa shape index (κ3) is 3.44. The van der Waals surface area contributed by atoms with Gasteiger partial charge in [-0.2, -0.15) is 4.72 Å². The fourth-order valence-electron chi connectivity index (χ4n) is 2.75. The maximum atomic E-state index is 12.6. The first kappa shape index (κ1) is 16.4. The largest absolute Gasteiger partial charge is 0.392 e. The van der Waals surface area contributed by atoms with Gasteiger partial charge in [0.15, 0.2) is 0 Å². The molecule has 0 bridgehead atoms. The molecule has 1 fully saturated rings. The van der Waals surface area contributed by atoms with E-state index in [4.69, 9.17) is 18.0 Å². The Morgan fingerprint density at radius 3 is 2.33 bits per heavy atom. The molecule has 0 unspecified atom stereocenters. The molecule has 2 rings (SSSR count). The molecule has 1 aromatic rings. The summed E-state index contributed by atoms with van der Waals surface area (Å²) in [5.74, 6) is 0. The van der Waals surface area contributed by atoms with Crippen LogP contribution in [0.3, 0.4) is 0 Å². The second-order valence-corrected chi connectivity index (χ2v) is 7.98. The quantitative estimate of drug-likeness (QED) is 0.834. The van der Waals surface area contributed by atoms with Crippen molar-refractivity contribution in [2.45, 2.75) is 56.4 Å². The number of sulfonamides is 1. The molecule has 0 saturated heterocycles. The van der Waals surface area contributed by atoms with E-state index >= 15 is 0 Å². The van der Waals surface area contributed by atoms with Crippen LogP contribution < -0.4 is 10.5 Å². The molecule has 0 atom stereocenters. The Bertz CT molecular complexity index is 648. The molecule has 0 aromatic heterocycles. The van der Waals surface area contributed by atoms with Crippen molar-refractivity contribution < 1.29 is 8.42 Å². The Morgan fingerprint density at radius 1 is 1.19 bits per heavy atom. The Balaban J connectivity index is 2.34. The lowest BCUT2D eigenvalue weighted by molar-refractivity contribution is 0.353. The molecule has 1 aliphatic carbocycles. The molecule has 21 heavy (non-hydrogen) atoms. The second kappa shape index (κ2) is 6.02. The molecule has 4 nitrogen and oxygen atoms in total. The third-order valence-electron chi connectivity index (χ3n) is 4.30. The molecular weight excluding hydrogens is 304 g/mol. The highest BCUT2D eigenvalue weighted by molar-refractivity contribution is 7.89. The Hall–Kier alpha value is -0.980. The molecule has 0 heterocycles. The van der Waals surface area contributed by atoms with Gasteiger partial charge in [0, 0.05) is 0 Å². The molecule has 0 radical (unpaired) electrons. The zero-order chi connectivity index (χ0) is 15.7. The topological polar surface area (TPSA) is 72.2 Å². The summed E-state index contributed by atoms with van der Waals surface area (Å²) >= 11 is 5.14. The summed E-state index contributed by atoms with van der Waals surface area (Å²) in [4.78, 5) is 0.515. The number of aryl methyl sites for hydroxylation is 2. The zero-order valence-corrected chi connectivity index (χ0v) is 14.1. The van der Waals surface area contributed by atoms with Gasteiger partial charge in [-0.1, -0.05) is 37.5 Å². The summed E-state index contributed by atoms with van der Waals surface area (Å²) in [6.07, 6.45) is 4.31. The molecular formula is C15H22N2O2S2. The van der Waals surface area contributed by atoms with Crippen LogP contribution in [0.25, 0.3) is 0 Å². The van der Waals surface area contributed by atoms with E-state index < -0.39 is 15.6 Å². The Morgan fingerprint density at radius 2 is 1.81 bits per heavy atom. The first-order valence-corrected chi connectivity index (χ1v) is 9.07. The molecule has 0 aliphatic heterocycles. The van der Waals surface area contributed by atoms with Crippen LogP contribution in [0.2, 0.25) is 0 Å². The van der Waals surface area contributed by atoms with Crippen LogP contribution in [0.1, 0.15) is 43.2 Å². The smallest absolute Gasteiger partial charge is 0.241 e. The van der Waals surface area contributed by atoms with Crippen molar-refractivity contribution >= 4 is 27.2 Å². The number of hydrogen-bond acceptors (Lipinski definition) is 3. The van der Waals surface area contributed by atoms with Gasteiger partial charge in [-0.15, -0.1) is 0 Å². The van der Waals surface area contributed by atoms with E-state index in [1.54, 1.807) is 12.1 Å². The lowest BCUT2D eigenvalue weighted by Crippen LogP contribution is -2.57. The summed E-state index contributed by atoms with van der Waals surface area (Å²) in [6, 6.07) is 5.13. The van der Waals surface area contributed by atoms with Crippen LogP contribution in [-0.2, 0) is 10.0 Å². The van der Waals surface area contributed by atoms with E-state index in [0.29, 0.717) is 12.8 Å². The summed E-state index contributed by atoms with van der Waals surface area (Å²) in [5.41, 5.74) is 7.09. The number of hydrogen-bond donors (Lipinski definition) is 2. The third-order valence-corrected chi connectivity index (χ3v) is 6.22. The van der Waals surface area contributed by atoms with Crippen molar-refractivity contribution in [1.29, 1.82) is 0 Å². The van der Waals surface area contributed by atoms with Crippen LogP contribution in [0.4, 0.5) is 0 Å². The summed E-state index contributed by atoms with van der Waals surface area (Å²) in [6.45, 7) is 3.86. The van der Waals surface area contributed by atoms with Crippen LogP contribution in [0.15, 0.2) is 23.1 Å². The van der Waals surface area contributed by atoms with Gasteiger partial charge in [0.1, 0.15) is 0 Å². The number of benzene rings is 1. The van der Waals surface area contributed by atoms with Crippen LogP contribution in [0.5, 0.6) is 0 Å². The number of thiocarbonyl (C=S) groups is 1. The Labute approximate surface area is 132 Å². The summed E-state index contributed by atoms with van der Waals surface area (Å²) < 4.78 is 28.1. The first-order valence-electron chi connectivity index (χ1n) is 7.18. The minimum absolute atomic E-state index is 0.245. The van der Waals surface area contributed by atoms with Gasteiger partial charge in [0.2, 0.25) is 10.0 Å². The van der Waals surface area contributed by atoms with Gasteiger partial charge in [-0.3, -0.25) is 0 Å². The van der Waals surface area contributed by atoms with Gasteiger partial charge in [0.05, 0.1) is 15.4 Å². The molecule has 1 aliphatic rings. The molecule has 0 spiro atoms. The van der Waals surface area contributed by atoms with Crippen molar-refractivity contribution in [1.82, 2.24) is 4.72 Å². The van der Waals surface area contributed by atoms with Crippen molar-refractivity contribution in [2.75, 3.05) is 0 Å². The van der Waals surface area contributed by atoms with E-state index in [1.165, 1.54) is 0 Å². The fraction of sp³-hybridized carbons (Fsp3) is 0.533. The molecule has 1 aromatic carbocycles. The predicted octanol–water partition coefficient (Wildman–Crippen LogP) is 2.57.